The number of allylic oxidation sites excluding steroid dienone is 4. The average molecular weight is 1130 g/mol. The van der Waals surface area contributed by atoms with E-state index in [1.54, 1.807) is 0 Å². The Hall–Kier alpha value is -1.66. The van der Waals surface area contributed by atoms with Crippen molar-refractivity contribution in [3.63, 3.8) is 0 Å². The maximum absolute atomic E-state index is 12.5. The molecule has 6 heteroatoms. The lowest BCUT2D eigenvalue weighted by atomic mass is 10.0. The van der Waals surface area contributed by atoms with Crippen LogP contribution >= 0.6 is 0 Å². The monoisotopic (exact) mass is 1130 g/mol. The number of rotatable bonds is 69. The van der Waals surface area contributed by atoms with Gasteiger partial charge in [-0.3, -0.25) is 9.59 Å². The summed E-state index contributed by atoms with van der Waals surface area (Å²) in [7, 11) is 0. The number of hydrogen-bond donors (Lipinski definition) is 3. The van der Waals surface area contributed by atoms with Crippen molar-refractivity contribution in [3.8, 4) is 0 Å². The van der Waals surface area contributed by atoms with Gasteiger partial charge in [-0.25, -0.2) is 0 Å². The summed E-state index contributed by atoms with van der Waals surface area (Å²) in [6.45, 7) is 4.98. The first kappa shape index (κ1) is 78.3. The van der Waals surface area contributed by atoms with E-state index in [1.807, 2.05) is 0 Å². The van der Waals surface area contributed by atoms with Crippen LogP contribution in [0, 0.1) is 0 Å². The van der Waals surface area contributed by atoms with Crippen molar-refractivity contribution < 1.29 is 24.5 Å². The van der Waals surface area contributed by atoms with E-state index in [4.69, 9.17) is 4.74 Å². The Morgan fingerprint density at radius 2 is 0.625 bits per heavy atom. The SMILES string of the molecule is CCCCCCCCCCCCCCCCCC(O)C(CO)NC(=O)CCCCCCCCCCCCCCCCCCC/C=C\C/C=C\CCCCCCCCCCCCCCCOC(=O)CCCCCCCCCCCCC. The third-order valence-electron chi connectivity index (χ3n) is 17.3. The van der Waals surface area contributed by atoms with E-state index in [-0.39, 0.29) is 18.5 Å². The molecule has 0 saturated heterocycles. The standard InChI is InChI=1S/C74H143NO5/c1-3-5-7-9-11-13-15-16-40-43-47-50-54-58-62-66-72(77)71(70-76)75-73(78)67-63-59-55-51-48-44-41-38-36-34-32-30-28-26-24-22-20-18-17-19-21-23-25-27-29-31-33-35-37-39-42-45-49-53-57-61-65-69-80-74(79)68-64-60-56-52-46-14-12-10-8-6-4-2/h17,19,23,25,71-72,76-77H,3-16,18,20-22,24,26-70H2,1-2H3,(H,75,78)/b19-17-,25-23-. The van der Waals surface area contributed by atoms with Gasteiger partial charge in [-0.2, -0.15) is 0 Å². The van der Waals surface area contributed by atoms with Gasteiger partial charge in [-0.15, -0.1) is 0 Å². The minimum atomic E-state index is -0.662. The van der Waals surface area contributed by atoms with E-state index in [0.717, 1.165) is 44.9 Å². The lowest BCUT2D eigenvalue weighted by Gasteiger charge is -2.22. The molecule has 0 aromatic heterocycles. The topological polar surface area (TPSA) is 95.9 Å². The van der Waals surface area contributed by atoms with Crippen molar-refractivity contribution in [2.45, 2.75) is 424 Å². The van der Waals surface area contributed by atoms with Gasteiger partial charge in [0.1, 0.15) is 0 Å². The Kier molecular flexibility index (Phi) is 68.4. The molecule has 0 saturated carbocycles. The lowest BCUT2D eigenvalue weighted by molar-refractivity contribution is -0.143. The molecule has 0 rings (SSSR count). The minimum Gasteiger partial charge on any atom is -0.466 e. The quantitative estimate of drug-likeness (QED) is 0.0320. The third kappa shape index (κ3) is 65.5. The molecule has 1 amide bonds. The van der Waals surface area contributed by atoms with Crippen LogP contribution in [0.25, 0.3) is 0 Å². The second-order valence-electron chi connectivity index (χ2n) is 25.3. The molecule has 0 heterocycles. The maximum atomic E-state index is 12.5. The Balaban J connectivity index is 3.35. The molecule has 0 radical (unpaired) electrons. The summed E-state index contributed by atoms with van der Waals surface area (Å²) in [6, 6.07) is -0.539. The van der Waals surface area contributed by atoms with Gasteiger partial charge in [0.05, 0.1) is 25.4 Å². The number of ether oxygens (including phenoxy) is 1. The van der Waals surface area contributed by atoms with E-state index in [1.165, 1.54) is 334 Å². The van der Waals surface area contributed by atoms with Gasteiger partial charge in [0.15, 0.2) is 0 Å². The second-order valence-corrected chi connectivity index (χ2v) is 25.3. The number of nitrogens with one attached hydrogen (secondary N) is 1. The van der Waals surface area contributed by atoms with Crippen molar-refractivity contribution in [1.82, 2.24) is 5.32 Å². The van der Waals surface area contributed by atoms with Gasteiger partial charge in [0, 0.05) is 12.8 Å². The Morgan fingerprint density at radius 3 is 0.950 bits per heavy atom. The Bertz CT molecular complexity index is 1250. The highest BCUT2D eigenvalue weighted by atomic mass is 16.5. The molecule has 0 aliphatic carbocycles. The predicted octanol–water partition coefficient (Wildman–Crippen LogP) is 23.7. The van der Waals surface area contributed by atoms with Gasteiger partial charge in [-0.1, -0.05) is 366 Å². The normalized spacial score (nSPS) is 12.6. The van der Waals surface area contributed by atoms with E-state index < -0.39 is 12.1 Å². The van der Waals surface area contributed by atoms with Crippen LogP contribution in [0.1, 0.15) is 412 Å². The van der Waals surface area contributed by atoms with E-state index in [9.17, 15) is 19.8 Å². The molecule has 2 atom stereocenters. The molecule has 2 unspecified atom stereocenters. The van der Waals surface area contributed by atoms with Crippen LogP contribution in [0.2, 0.25) is 0 Å². The smallest absolute Gasteiger partial charge is 0.305 e. The molecular formula is C74H143NO5. The third-order valence-corrected chi connectivity index (χ3v) is 17.3. The number of esters is 1. The Labute approximate surface area is 501 Å². The molecule has 0 bridgehead atoms. The summed E-state index contributed by atoms with van der Waals surface area (Å²) in [6.07, 6.45) is 88.2. The van der Waals surface area contributed by atoms with Gasteiger partial charge >= 0.3 is 5.97 Å². The first-order valence-corrected chi connectivity index (χ1v) is 36.6. The Morgan fingerprint density at radius 1 is 0.350 bits per heavy atom. The van der Waals surface area contributed by atoms with Crippen molar-refractivity contribution in [1.29, 1.82) is 0 Å². The molecule has 0 aliphatic rings. The van der Waals surface area contributed by atoms with Crippen LogP contribution in [-0.2, 0) is 14.3 Å². The van der Waals surface area contributed by atoms with Crippen molar-refractivity contribution in [2.24, 2.45) is 0 Å². The summed E-state index contributed by atoms with van der Waals surface area (Å²) < 4.78 is 5.48. The molecule has 0 aromatic rings. The highest BCUT2D eigenvalue weighted by molar-refractivity contribution is 5.76. The van der Waals surface area contributed by atoms with Crippen LogP contribution in [0.15, 0.2) is 24.3 Å². The van der Waals surface area contributed by atoms with Crippen molar-refractivity contribution >= 4 is 11.9 Å². The fourth-order valence-corrected chi connectivity index (χ4v) is 11.7. The minimum absolute atomic E-state index is 0.0190. The van der Waals surface area contributed by atoms with Gasteiger partial charge in [0.2, 0.25) is 5.91 Å². The molecule has 6 nitrogen and oxygen atoms in total. The highest BCUT2D eigenvalue weighted by Crippen LogP contribution is 2.19. The van der Waals surface area contributed by atoms with Gasteiger partial charge < -0.3 is 20.3 Å². The van der Waals surface area contributed by atoms with E-state index in [2.05, 4.69) is 43.5 Å². The fraction of sp³-hybridized carbons (Fsp3) is 0.919. The summed E-state index contributed by atoms with van der Waals surface area (Å²) >= 11 is 0. The summed E-state index contributed by atoms with van der Waals surface area (Å²) in [5.74, 6) is -0.0100. The highest BCUT2D eigenvalue weighted by Gasteiger charge is 2.20. The zero-order valence-electron chi connectivity index (χ0n) is 54.3. The van der Waals surface area contributed by atoms with Crippen LogP contribution in [0.3, 0.4) is 0 Å². The number of carbonyl (C=O) groups excluding carboxylic acids is 2. The first-order chi connectivity index (χ1) is 39.5. The number of hydrogen-bond acceptors (Lipinski definition) is 5. The summed E-state index contributed by atoms with van der Waals surface area (Å²) in [5.41, 5.74) is 0. The molecule has 474 valence electrons. The zero-order valence-corrected chi connectivity index (χ0v) is 54.3. The van der Waals surface area contributed by atoms with Crippen molar-refractivity contribution in [2.75, 3.05) is 13.2 Å². The van der Waals surface area contributed by atoms with Crippen LogP contribution < -0.4 is 5.32 Å². The second kappa shape index (κ2) is 69.8. The van der Waals surface area contributed by atoms with Crippen LogP contribution in [0.4, 0.5) is 0 Å². The number of aliphatic hydroxyl groups is 2. The van der Waals surface area contributed by atoms with E-state index >= 15 is 0 Å². The van der Waals surface area contributed by atoms with Crippen molar-refractivity contribution in [3.05, 3.63) is 24.3 Å². The zero-order chi connectivity index (χ0) is 57.8. The first-order valence-electron chi connectivity index (χ1n) is 36.6. The number of carbonyl (C=O) groups is 2. The number of unbranched alkanes of at least 4 members (excludes halogenated alkanes) is 54. The molecule has 0 aliphatic heterocycles. The van der Waals surface area contributed by atoms with Crippen LogP contribution in [0.5, 0.6) is 0 Å². The predicted molar refractivity (Wildman–Crippen MR) is 352 cm³/mol. The molecule has 0 spiro atoms. The molecule has 80 heavy (non-hydrogen) atoms. The fourth-order valence-electron chi connectivity index (χ4n) is 11.7. The van der Waals surface area contributed by atoms with Gasteiger partial charge in [-0.05, 0) is 57.8 Å². The molecule has 0 fully saturated rings. The summed E-state index contributed by atoms with van der Waals surface area (Å²) in [4.78, 5) is 24.5. The summed E-state index contributed by atoms with van der Waals surface area (Å²) in [5, 5.41) is 23.3. The largest absolute Gasteiger partial charge is 0.466 e. The van der Waals surface area contributed by atoms with E-state index in [0.29, 0.717) is 25.9 Å². The molecular weight excluding hydrogens is 983 g/mol. The average Bonchev–Trinajstić information content (AvgIpc) is 3.46. The maximum Gasteiger partial charge on any atom is 0.305 e. The molecule has 0 aromatic carbocycles. The number of amides is 1. The number of aliphatic hydroxyl groups excluding tert-OH is 2. The molecule has 3 N–H and O–H groups in total. The lowest BCUT2D eigenvalue weighted by Crippen LogP contribution is -2.45. The van der Waals surface area contributed by atoms with Crippen LogP contribution in [-0.4, -0.2) is 47.4 Å². The van der Waals surface area contributed by atoms with Gasteiger partial charge in [0.25, 0.3) is 0 Å².